The molecule has 0 aliphatic rings. The number of hydrogen-bond donors (Lipinski definition) is 0. The van der Waals surface area contributed by atoms with Crippen LogP contribution in [0.4, 0.5) is 0 Å². The molecule has 0 radical (unpaired) electrons. The predicted molar refractivity (Wildman–Crippen MR) is 282 cm³/mol. The van der Waals surface area contributed by atoms with E-state index in [1.807, 2.05) is 0 Å². The number of hydrogen-bond acceptors (Lipinski definition) is 2. The first-order chi connectivity index (χ1) is 33.2. The summed E-state index contributed by atoms with van der Waals surface area (Å²) >= 11 is 0. The van der Waals surface area contributed by atoms with Crippen molar-refractivity contribution >= 4 is 54.1 Å². The first kappa shape index (κ1) is 38.5. The molecule has 13 aromatic rings. The van der Waals surface area contributed by atoms with Crippen molar-refractivity contribution in [3.05, 3.63) is 249 Å². The summed E-state index contributed by atoms with van der Waals surface area (Å²) in [5.74, 6) is 0.682. The zero-order valence-electron chi connectivity index (χ0n) is 36.5. The summed E-state index contributed by atoms with van der Waals surface area (Å²) in [7, 11) is 0. The van der Waals surface area contributed by atoms with Gasteiger partial charge in [-0.2, -0.15) is 0 Å². The molecule has 67 heavy (non-hydrogen) atoms. The molecule has 3 nitrogen and oxygen atoms in total. The molecular formula is C64H41N3. The van der Waals surface area contributed by atoms with Crippen LogP contribution in [-0.2, 0) is 0 Å². The van der Waals surface area contributed by atoms with E-state index in [1.54, 1.807) is 0 Å². The molecule has 0 unspecified atom stereocenters. The van der Waals surface area contributed by atoms with Crippen molar-refractivity contribution in [2.24, 2.45) is 0 Å². The molecule has 3 heteroatoms. The number of fused-ring (bicyclic) bond motifs is 7. The monoisotopic (exact) mass is 851 g/mol. The molecule has 0 saturated carbocycles. The lowest BCUT2D eigenvalue weighted by Crippen LogP contribution is -1.97. The van der Waals surface area contributed by atoms with Crippen LogP contribution in [0.3, 0.4) is 0 Å². The van der Waals surface area contributed by atoms with E-state index in [1.165, 1.54) is 76.4 Å². The first-order valence-corrected chi connectivity index (χ1v) is 22.9. The van der Waals surface area contributed by atoms with E-state index in [0.717, 1.165) is 44.9 Å². The molecule has 0 saturated heterocycles. The fourth-order valence-corrected chi connectivity index (χ4v) is 10.2. The van der Waals surface area contributed by atoms with Gasteiger partial charge in [-0.25, -0.2) is 9.97 Å². The Bertz CT molecular complexity index is 3980. The van der Waals surface area contributed by atoms with Crippen LogP contribution in [0.5, 0.6) is 0 Å². The molecule has 0 aliphatic heterocycles. The number of rotatable bonds is 7. The quantitative estimate of drug-likeness (QED) is 0.118. The Kier molecular flexibility index (Phi) is 9.17. The Balaban J connectivity index is 0.930. The third-order valence-electron chi connectivity index (χ3n) is 13.4. The van der Waals surface area contributed by atoms with E-state index in [0.29, 0.717) is 5.82 Å². The Labute approximate surface area is 388 Å². The third kappa shape index (κ3) is 6.67. The van der Waals surface area contributed by atoms with E-state index >= 15 is 0 Å². The maximum Gasteiger partial charge on any atom is 0.160 e. The normalized spacial score (nSPS) is 11.6. The highest BCUT2D eigenvalue weighted by Crippen LogP contribution is 2.41. The van der Waals surface area contributed by atoms with Crippen molar-refractivity contribution in [1.29, 1.82) is 0 Å². The molecule has 13 rings (SSSR count). The fraction of sp³-hybridized carbons (Fsp3) is 0. The molecule has 11 aromatic carbocycles. The second-order valence-corrected chi connectivity index (χ2v) is 17.3. The van der Waals surface area contributed by atoms with Gasteiger partial charge in [-0.05, 0) is 90.5 Å². The van der Waals surface area contributed by atoms with Crippen LogP contribution in [0.1, 0.15) is 0 Å². The van der Waals surface area contributed by atoms with Gasteiger partial charge in [0.2, 0.25) is 0 Å². The summed E-state index contributed by atoms with van der Waals surface area (Å²) in [6.45, 7) is 0. The van der Waals surface area contributed by atoms with Gasteiger partial charge in [0.05, 0.1) is 22.4 Å². The highest BCUT2D eigenvalue weighted by Gasteiger charge is 2.18. The topological polar surface area (TPSA) is 30.7 Å². The maximum absolute atomic E-state index is 5.32. The second-order valence-electron chi connectivity index (χ2n) is 17.3. The Morgan fingerprint density at radius 3 is 1.55 bits per heavy atom. The predicted octanol–water partition coefficient (Wildman–Crippen LogP) is 17.0. The van der Waals surface area contributed by atoms with E-state index in [4.69, 9.17) is 9.97 Å². The van der Waals surface area contributed by atoms with Gasteiger partial charge in [-0.3, -0.25) is 0 Å². The van der Waals surface area contributed by atoms with Gasteiger partial charge >= 0.3 is 0 Å². The Morgan fingerprint density at radius 1 is 0.284 bits per heavy atom. The van der Waals surface area contributed by atoms with E-state index in [9.17, 15) is 0 Å². The number of aromatic nitrogens is 3. The van der Waals surface area contributed by atoms with Crippen molar-refractivity contribution in [2.45, 2.75) is 0 Å². The van der Waals surface area contributed by atoms with Gasteiger partial charge in [0.15, 0.2) is 5.82 Å². The summed E-state index contributed by atoms with van der Waals surface area (Å²) in [4.78, 5) is 10.6. The minimum atomic E-state index is 0.682. The molecule has 2 heterocycles. The summed E-state index contributed by atoms with van der Waals surface area (Å²) in [5, 5.41) is 9.94. The summed E-state index contributed by atoms with van der Waals surface area (Å²) in [6, 6.07) is 89.3. The van der Waals surface area contributed by atoms with Gasteiger partial charge in [-0.15, -0.1) is 0 Å². The highest BCUT2D eigenvalue weighted by atomic mass is 15.0. The first-order valence-electron chi connectivity index (χ1n) is 22.9. The molecule has 0 aliphatic carbocycles. The van der Waals surface area contributed by atoms with Crippen molar-refractivity contribution in [3.63, 3.8) is 0 Å². The molecule has 0 fully saturated rings. The van der Waals surface area contributed by atoms with Gasteiger partial charge in [0.1, 0.15) is 0 Å². The van der Waals surface area contributed by atoms with Crippen molar-refractivity contribution < 1.29 is 0 Å². The number of benzene rings is 11. The lowest BCUT2D eigenvalue weighted by Gasteiger charge is -2.15. The van der Waals surface area contributed by atoms with E-state index in [2.05, 4.69) is 253 Å². The van der Waals surface area contributed by atoms with Crippen LogP contribution in [0.25, 0.3) is 127 Å². The Morgan fingerprint density at radius 2 is 0.821 bits per heavy atom. The molecule has 0 amide bonds. The largest absolute Gasteiger partial charge is 0.309 e. The maximum atomic E-state index is 5.32. The SMILES string of the molecule is c1ccc(-c2ccc(-c3cc(-c4ccc(-c5cccc6c7ccccc7n(-c7ccccc7)c56)cc4)nc(-c4ccc(-c5c6ccccc6cc6c5ccc5ccccc56)cc4)n3)cc2)cc1. The number of para-hydroxylation sites is 3. The zero-order valence-corrected chi connectivity index (χ0v) is 36.5. The molecule has 0 N–H and O–H groups in total. The van der Waals surface area contributed by atoms with Gasteiger partial charge in [0, 0.05) is 38.7 Å². The second kappa shape index (κ2) is 16.0. The lowest BCUT2D eigenvalue weighted by atomic mass is 9.89. The molecule has 2 aromatic heterocycles. The molecule has 0 spiro atoms. The van der Waals surface area contributed by atoms with E-state index in [-0.39, 0.29) is 0 Å². The van der Waals surface area contributed by atoms with Crippen LogP contribution < -0.4 is 0 Å². The third-order valence-corrected chi connectivity index (χ3v) is 13.4. The molecular weight excluding hydrogens is 811 g/mol. The zero-order chi connectivity index (χ0) is 44.3. The highest BCUT2D eigenvalue weighted by molar-refractivity contribution is 6.20. The average Bonchev–Trinajstić information content (AvgIpc) is 3.75. The lowest BCUT2D eigenvalue weighted by molar-refractivity contribution is 1.18. The smallest absolute Gasteiger partial charge is 0.160 e. The minimum Gasteiger partial charge on any atom is -0.309 e. The summed E-state index contributed by atoms with van der Waals surface area (Å²) in [5.41, 5.74) is 15.4. The average molecular weight is 852 g/mol. The van der Waals surface area contributed by atoms with Crippen molar-refractivity contribution in [1.82, 2.24) is 14.5 Å². The fourth-order valence-electron chi connectivity index (χ4n) is 10.2. The van der Waals surface area contributed by atoms with E-state index < -0.39 is 0 Å². The van der Waals surface area contributed by atoms with Gasteiger partial charge < -0.3 is 4.57 Å². The molecule has 0 bridgehead atoms. The van der Waals surface area contributed by atoms with Crippen LogP contribution in [-0.4, -0.2) is 14.5 Å². The van der Waals surface area contributed by atoms with Crippen LogP contribution in [0, 0.1) is 0 Å². The van der Waals surface area contributed by atoms with Crippen LogP contribution in [0.15, 0.2) is 249 Å². The summed E-state index contributed by atoms with van der Waals surface area (Å²) < 4.78 is 2.40. The van der Waals surface area contributed by atoms with Gasteiger partial charge in [0.25, 0.3) is 0 Å². The summed E-state index contributed by atoms with van der Waals surface area (Å²) in [6.07, 6.45) is 0. The van der Waals surface area contributed by atoms with Gasteiger partial charge in [-0.1, -0.05) is 218 Å². The minimum absolute atomic E-state index is 0.682. The molecule has 0 atom stereocenters. The van der Waals surface area contributed by atoms with Crippen LogP contribution in [0.2, 0.25) is 0 Å². The van der Waals surface area contributed by atoms with Crippen molar-refractivity contribution in [3.8, 4) is 73.0 Å². The van der Waals surface area contributed by atoms with Crippen LogP contribution >= 0.6 is 0 Å². The standard InChI is InChI=1S/C64H41N3/c1-3-14-42(15-4-1)43-26-30-46(31-27-43)59-41-60(47-32-28-45(29-33-47)54-23-13-24-57-55-22-11-12-25-61(55)67(63(54)57)51-18-5-2-6-19-51)66-64(65-59)49-36-34-48(35-37-49)62-53-21-10-8-17-50(53)40-58-52-20-9-7-16-44(52)38-39-56(58)62/h1-41H. The molecule has 312 valence electrons. The Hall–Kier alpha value is -8.92. The van der Waals surface area contributed by atoms with Crippen molar-refractivity contribution in [2.75, 3.05) is 0 Å². The number of nitrogens with zero attached hydrogens (tertiary/aromatic N) is 3.